The first kappa shape index (κ1) is 11.4. The van der Waals surface area contributed by atoms with Gasteiger partial charge in [-0.2, -0.15) is 10.5 Å². The van der Waals surface area contributed by atoms with Crippen LogP contribution in [0.3, 0.4) is 0 Å². The molecule has 0 heterocycles. The van der Waals surface area contributed by atoms with Gasteiger partial charge in [0, 0.05) is 0 Å². The van der Waals surface area contributed by atoms with Gasteiger partial charge in [-0.3, -0.25) is 4.79 Å². The van der Waals surface area contributed by atoms with Gasteiger partial charge in [0.1, 0.15) is 11.5 Å². The number of carbonyl (C=O) groups is 1. The lowest BCUT2D eigenvalue weighted by atomic mass is 9.94. The second kappa shape index (κ2) is 4.47. The lowest BCUT2D eigenvalue weighted by molar-refractivity contribution is -0.127. The molecule has 13 heavy (non-hydrogen) atoms. The number of hydrogen-bond donors (Lipinski definition) is 1. The lowest BCUT2D eigenvalue weighted by Crippen LogP contribution is -2.41. The number of hydrogen-bond acceptors (Lipinski definition) is 3. The molecule has 4 heteroatoms. The number of nitrogens with one attached hydrogen (secondary N) is 1. The Kier molecular flexibility index (Phi) is 3.94. The quantitative estimate of drug-likeness (QED) is 0.700. The number of amides is 1. The zero-order valence-corrected chi connectivity index (χ0v) is 8.09. The Morgan fingerprint density at radius 3 is 2.38 bits per heavy atom. The SMILES string of the molecule is CCC(C#N)NC(=O)C(C)(C)C#N. The second-order valence-corrected chi connectivity index (χ2v) is 3.30. The molecule has 1 unspecified atom stereocenters. The molecule has 0 aromatic heterocycles. The van der Waals surface area contributed by atoms with Crippen molar-refractivity contribution in [1.82, 2.24) is 5.32 Å². The molecule has 0 aliphatic carbocycles. The van der Waals surface area contributed by atoms with E-state index in [0.29, 0.717) is 6.42 Å². The normalized spacial score (nSPS) is 12.4. The minimum absolute atomic E-state index is 0.400. The van der Waals surface area contributed by atoms with Crippen molar-refractivity contribution in [1.29, 1.82) is 10.5 Å². The molecule has 1 atom stereocenters. The van der Waals surface area contributed by atoms with Gasteiger partial charge in [-0.05, 0) is 20.3 Å². The second-order valence-electron chi connectivity index (χ2n) is 3.30. The van der Waals surface area contributed by atoms with Gasteiger partial charge in [0.2, 0.25) is 5.91 Å². The fourth-order valence-corrected chi connectivity index (χ4v) is 0.615. The molecule has 1 amide bonds. The number of carbonyl (C=O) groups excluding carboxylic acids is 1. The summed E-state index contributed by atoms with van der Waals surface area (Å²) in [5, 5.41) is 19.7. The van der Waals surface area contributed by atoms with E-state index in [4.69, 9.17) is 10.5 Å². The molecule has 0 aromatic carbocycles. The van der Waals surface area contributed by atoms with E-state index < -0.39 is 17.4 Å². The molecule has 0 aliphatic rings. The van der Waals surface area contributed by atoms with Crippen LogP contribution in [-0.4, -0.2) is 11.9 Å². The molecule has 0 saturated carbocycles. The van der Waals surface area contributed by atoms with Crippen LogP contribution in [0.4, 0.5) is 0 Å². The molecular weight excluding hydrogens is 166 g/mol. The summed E-state index contributed by atoms with van der Waals surface area (Å²) in [5.41, 5.74) is -1.07. The van der Waals surface area contributed by atoms with E-state index in [9.17, 15) is 4.79 Å². The smallest absolute Gasteiger partial charge is 0.240 e. The summed E-state index contributed by atoms with van der Waals surface area (Å²) < 4.78 is 0. The topological polar surface area (TPSA) is 76.7 Å². The van der Waals surface area contributed by atoms with E-state index >= 15 is 0 Å². The van der Waals surface area contributed by atoms with E-state index in [-0.39, 0.29) is 0 Å². The first-order chi connectivity index (χ1) is 5.97. The molecule has 0 aliphatic heterocycles. The Balaban J connectivity index is 4.34. The van der Waals surface area contributed by atoms with Crippen LogP contribution in [0.25, 0.3) is 0 Å². The summed E-state index contributed by atoms with van der Waals surface area (Å²) in [6, 6.07) is 3.31. The van der Waals surface area contributed by atoms with Crippen molar-refractivity contribution in [3.63, 3.8) is 0 Å². The predicted octanol–water partition coefficient (Wildman–Crippen LogP) is 0.955. The van der Waals surface area contributed by atoms with Crippen molar-refractivity contribution in [3.05, 3.63) is 0 Å². The minimum Gasteiger partial charge on any atom is -0.339 e. The predicted molar refractivity (Wildman–Crippen MR) is 47.2 cm³/mol. The summed E-state index contributed by atoms with van der Waals surface area (Å²) in [6.07, 6.45) is 0.545. The molecule has 0 saturated heterocycles. The Labute approximate surface area is 78.2 Å². The standard InChI is InChI=1S/C9H13N3O/c1-4-7(5-10)12-8(13)9(2,3)6-11/h7H,4H2,1-3H3,(H,12,13). The highest BCUT2D eigenvalue weighted by atomic mass is 16.2. The van der Waals surface area contributed by atoms with Gasteiger partial charge in [0.05, 0.1) is 12.1 Å². The zero-order chi connectivity index (χ0) is 10.5. The fourth-order valence-electron chi connectivity index (χ4n) is 0.615. The molecule has 0 radical (unpaired) electrons. The van der Waals surface area contributed by atoms with Crippen molar-refractivity contribution >= 4 is 5.91 Å². The van der Waals surface area contributed by atoms with Crippen LogP contribution in [0.15, 0.2) is 0 Å². The van der Waals surface area contributed by atoms with Crippen molar-refractivity contribution in [3.8, 4) is 12.1 Å². The van der Waals surface area contributed by atoms with E-state index in [2.05, 4.69) is 5.32 Å². The van der Waals surface area contributed by atoms with Gasteiger partial charge in [0.25, 0.3) is 0 Å². The average molecular weight is 179 g/mol. The fraction of sp³-hybridized carbons (Fsp3) is 0.667. The molecule has 1 N–H and O–H groups in total. The summed E-state index contributed by atoms with van der Waals surface area (Å²) in [7, 11) is 0. The highest BCUT2D eigenvalue weighted by molar-refractivity contribution is 5.84. The molecule has 4 nitrogen and oxygen atoms in total. The van der Waals surface area contributed by atoms with Gasteiger partial charge in [-0.15, -0.1) is 0 Å². The van der Waals surface area contributed by atoms with Gasteiger partial charge in [-0.25, -0.2) is 0 Å². The summed E-state index contributed by atoms with van der Waals surface area (Å²) in [5.74, 6) is -0.400. The third kappa shape index (κ3) is 3.13. The molecule has 0 aromatic rings. The summed E-state index contributed by atoms with van der Waals surface area (Å²) in [6.45, 7) is 4.84. The van der Waals surface area contributed by atoms with Crippen molar-refractivity contribution in [2.75, 3.05) is 0 Å². The number of rotatable bonds is 3. The Hall–Kier alpha value is -1.55. The Morgan fingerprint density at radius 1 is 1.54 bits per heavy atom. The first-order valence-electron chi connectivity index (χ1n) is 4.09. The summed E-state index contributed by atoms with van der Waals surface area (Å²) in [4.78, 5) is 11.3. The van der Waals surface area contributed by atoms with Crippen LogP contribution in [0.1, 0.15) is 27.2 Å². The third-order valence-corrected chi connectivity index (χ3v) is 1.72. The van der Waals surface area contributed by atoms with Crippen LogP contribution < -0.4 is 5.32 Å². The maximum atomic E-state index is 11.3. The van der Waals surface area contributed by atoms with Gasteiger partial charge < -0.3 is 5.32 Å². The first-order valence-corrected chi connectivity index (χ1v) is 4.09. The highest BCUT2D eigenvalue weighted by Gasteiger charge is 2.28. The average Bonchev–Trinajstić information content (AvgIpc) is 2.13. The molecule has 0 fully saturated rings. The maximum absolute atomic E-state index is 11.3. The maximum Gasteiger partial charge on any atom is 0.240 e. The Morgan fingerprint density at radius 2 is 2.08 bits per heavy atom. The van der Waals surface area contributed by atoms with Gasteiger partial charge in [-0.1, -0.05) is 6.92 Å². The summed E-state index contributed by atoms with van der Waals surface area (Å²) >= 11 is 0. The Bertz CT molecular complexity index is 270. The molecule has 0 bridgehead atoms. The highest BCUT2D eigenvalue weighted by Crippen LogP contribution is 2.13. The van der Waals surface area contributed by atoms with E-state index in [0.717, 1.165) is 0 Å². The van der Waals surface area contributed by atoms with E-state index in [1.807, 2.05) is 12.1 Å². The monoisotopic (exact) mass is 179 g/mol. The number of nitrogens with zero attached hydrogens (tertiary/aromatic N) is 2. The van der Waals surface area contributed by atoms with Crippen LogP contribution >= 0.6 is 0 Å². The molecule has 0 spiro atoms. The lowest BCUT2D eigenvalue weighted by Gasteiger charge is -2.17. The van der Waals surface area contributed by atoms with Crippen LogP contribution in [0, 0.1) is 28.1 Å². The van der Waals surface area contributed by atoms with Gasteiger partial charge >= 0.3 is 0 Å². The van der Waals surface area contributed by atoms with E-state index in [1.54, 1.807) is 6.92 Å². The largest absolute Gasteiger partial charge is 0.339 e. The third-order valence-electron chi connectivity index (χ3n) is 1.72. The van der Waals surface area contributed by atoms with Crippen molar-refractivity contribution < 1.29 is 4.79 Å². The van der Waals surface area contributed by atoms with Crippen LogP contribution in [-0.2, 0) is 4.79 Å². The van der Waals surface area contributed by atoms with Crippen LogP contribution in [0.2, 0.25) is 0 Å². The minimum atomic E-state index is -1.07. The molecular formula is C9H13N3O. The zero-order valence-electron chi connectivity index (χ0n) is 8.09. The molecule has 0 rings (SSSR count). The van der Waals surface area contributed by atoms with E-state index in [1.165, 1.54) is 13.8 Å². The van der Waals surface area contributed by atoms with Gasteiger partial charge in [0.15, 0.2) is 0 Å². The molecule has 70 valence electrons. The van der Waals surface area contributed by atoms with Crippen molar-refractivity contribution in [2.24, 2.45) is 5.41 Å². The van der Waals surface area contributed by atoms with Crippen LogP contribution in [0.5, 0.6) is 0 Å². The van der Waals surface area contributed by atoms with Crippen molar-refractivity contribution in [2.45, 2.75) is 33.2 Å². The number of nitriles is 2.